The van der Waals surface area contributed by atoms with Crippen molar-refractivity contribution >= 4 is 17.6 Å². The van der Waals surface area contributed by atoms with Gasteiger partial charge in [-0.1, -0.05) is 12.1 Å². The fourth-order valence-electron chi connectivity index (χ4n) is 3.59. The Morgan fingerprint density at radius 2 is 2.17 bits per heavy atom. The van der Waals surface area contributed by atoms with E-state index in [0.29, 0.717) is 55.8 Å². The normalized spacial score (nSPS) is 15.7. The summed E-state index contributed by atoms with van der Waals surface area (Å²) in [5.41, 5.74) is 0.223. The van der Waals surface area contributed by atoms with Gasteiger partial charge in [-0.3, -0.25) is 9.69 Å². The monoisotopic (exact) mass is 410 g/mol. The molecule has 3 aromatic rings. The SMILES string of the molecule is CCC(C(=O)Nc1cc(C)on1)N1CCN(c2oc(-c3ccco3)nc2C#N)CC1. The zero-order valence-electron chi connectivity index (χ0n) is 16.8. The number of nitrogens with one attached hydrogen (secondary N) is 1. The fraction of sp³-hybridized carbons (Fsp3) is 0.400. The molecule has 1 amide bonds. The lowest BCUT2D eigenvalue weighted by Crippen LogP contribution is -2.53. The van der Waals surface area contributed by atoms with E-state index in [1.807, 2.05) is 11.8 Å². The lowest BCUT2D eigenvalue weighted by molar-refractivity contribution is -0.121. The molecule has 3 aromatic heterocycles. The lowest BCUT2D eigenvalue weighted by atomic mass is 10.1. The molecule has 0 saturated carbocycles. The van der Waals surface area contributed by atoms with Crippen LogP contribution in [0.5, 0.6) is 0 Å². The zero-order chi connectivity index (χ0) is 21.1. The Morgan fingerprint density at radius 1 is 1.37 bits per heavy atom. The number of amides is 1. The van der Waals surface area contributed by atoms with Crippen LogP contribution < -0.4 is 10.2 Å². The number of aromatic nitrogens is 2. The fourth-order valence-corrected chi connectivity index (χ4v) is 3.59. The van der Waals surface area contributed by atoms with Gasteiger partial charge in [-0.25, -0.2) is 0 Å². The highest BCUT2D eigenvalue weighted by atomic mass is 16.5. The van der Waals surface area contributed by atoms with E-state index in [-0.39, 0.29) is 23.5 Å². The van der Waals surface area contributed by atoms with Crippen LogP contribution in [-0.4, -0.2) is 53.2 Å². The van der Waals surface area contributed by atoms with Crippen molar-refractivity contribution in [3.8, 4) is 17.7 Å². The Bertz CT molecular complexity index is 1040. The highest BCUT2D eigenvalue weighted by Crippen LogP contribution is 2.29. The number of anilines is 2. The molecule has 1 fully saturated rings. The van der Waals surface area contributed by atoms with Gasteiger partial charge in [0.1, 0.15) is 11.8 Å². The molecule has 4 rings (SSSR count). The van der Waals surface area contributed by atoms with Gasteiger partial charge < -0.3 is 23.6 Å². The topological polar surface area (TPSA) is 125 Å². The van der Waals surface area contributed by atoms with Crippen LogP contribution in [0.3, 0.4) is 0 Å². The van der Waals surface area contributed by atoms with Crippen LogP contribution in [-0.2, 0) is 4.79 Å². The van der Waals surface area contributed by atoms with Gasteiger partial charge in [0.2, 0.25) is 17.5 Å². The number of hydrogen-bond donors (Lipinski definition) is 1. The van der Waals surface area contributed by atoms with Crippen LogP contribution >= 0.6 is 0 Å². The summed E-state index contributed by atoms with van der Waals surface area (Å²) in [6.07, 6.45) is 2.19. The smallest absolute Gasteiger partial charge is 0.266 e. The van der Waals surface area contributed by atoms with Crippen molar-refractivity contribution in [2.24, 2.45) is 0 Å². The third-order valence-electron chi connectivity index (χ3n) is 5.06. The summed E-state index contributed by atoms with van der Waals surface area (Å²) >= 11 is 0. The molecule has 0 spiro atoms. The highest BCUT2D eigenvalue weighted by molar-refractivity contribution is 5.94. The average Bonchev–Trinajstić information content (AvgIpc) is 3.49. The first-order chi connectivity index (χ1) is 14.6. The average molecular weight is 410 g/mol. The van der Waals surface area contributed by atoms with Gasteiger partial charge in [-0.05, 0) is 25.5 Å². The van der Waals surface area contributed by atoms with Gasteiger partial charge in [0.05, 0.1) is 12.3 Å². The van der Waals surface area contributed by atoms with Crippen LogP contribution in [0.2, 0.25) is 0 Å². The molecule has 1 atom stereocenters. The second-order valence-electron chi connectivity index (χ2n) is 7.02. The summed E-state index contributed by atoms with van der Waals surface area (Å²) < 4.78 is 16.1. The molecule has 4 heterocycles. The second kappa shape index (κ2) is 8.42. The lowest BCUT2D eigenvalue weighted by Gasteiger charge is -2.38. The van der Waals surface area contributed by atoms with Crippen molar-refractivity contribution in [2.75, 3.05) is 36.4 Å². The zero-order valence-corrected chi connectivity index (χ0v) is 16.8. The van der Waals surface area contributed by atoms with E-state index in [1.165, 1.54) is 6.26 Å². The first-order valence-electron chi connectivity index (χ1n) is 9.77. The van der Waals surface area contributed by atoms with Crippen molar-refractivity contribution in [3.63, 3.8) is 0 Å². The minimum absolute atomic E-state index is 0.114. The third kappa shape index (κ3) is 3.92. The Morgan fingerprint density at radius 3 is 2.77 bits per heavy atom. The first kappa shape index (κ1) is 19.7. The number of carbonyl (C=O) groups excluding carboxylic acids is 1. The van der Waals surface area contributed by atoms with E-state index < -0.39 is 0 Å². The molecule has 10 nitrogen and oxygen atoms in total. The maximum atomic E-state index is 12.7. The Labute approximate surface area is 173 Å². The first-order valence-corrected chi connectivity index (χ1v) is 9.77. The van der Waals surface area contributed by atoms with E-state index in [1.54, 1.807) is 25.1 Å². The van der Waals surface area contributed by atoms with Gasteiger partial charge >= 0.3 is 0 Å². The summed E-state index contributed by atoms with van der Waals surface area (Å²) in [7, 11) is 0. The Hall–Kier alpha value is -3.58. The predicted molar refractivity (Wildman–Crippen MR) is 107 cm³/mol. The van der Waals surface area contributed by atoms with Crippen molar-refractivity contribution in [2.45, 2.75) is 26.3 Å². The van der Waals surface area contributed by atoms with Crippen LogP contribution in [0, 0.1) is 18.3 Å². The molecule has 156 valence electrons. The largest absolute Gasteiger partial charge is 0.459 e. The Balaban J connectivity index is 1.42. The molecule has 1 saturated heterocycles. The van der Waals surface area contributed by atoms with Crippen LogP contribution in [0.25, 0.3) is 11.7 Å². The summed E-state index contributed by atoms with van der Waals surface area (Å²) in [6.45, 7) is 6.25. The minimum Gasteiger partial charge on any atom is -0.459 e. The number of aryl methyl sites for hydroxylation is 1. The van der Waals surface area contributed by atoms with E-state index >= 15 is 0 Å². The molecule has 0 aliphatic carbocycles. The van der Waals surface area contributed by atoms with E-state index in [2.05, 4.69) is 26.4 Å². The van der Waals surface area contributed by atoms with Crippen molar-refractivity contribution < 1.29 is 18.2 Å². The predicted octanol–water partition coefficient (Wildman–Crippen LogP) is 2.64. The van der Waals surface area contributed by atoms with Gasteiger partial charge in [-0.2, -0.15) is 10.2 Å². The van der Waals surface area contributed by atoms with Crippen molar-refractivity contribution in [1.29, 1.82) is 5.26 Å². The molecule has 0 radical (unpaired) electrons. The summed E-state index contributed by atoms with van der Waals surface area (Å²) in [4.78, 5) is 21.0. The number of furan rings is 1. The van der Waals surface area contributed by atoms with E-state index in [4.69, 9.17) is 13.4 Å². The summed E-state index contributed by atoms with van der Waals surface area (Å²) in [5, 5.41) is 16.1. The molecular formula is C20H22N6O4. The maximum Gasteiger partial charge on any atom is 0.266 e. The molecule has 1 aliphatic heterocycles. The number of piperazine rings is 1. The number of carbonyl (C=O) groups is 1. The molecule has 0 aromatic carbocycles. The molecular weight excluding hydrogens is 388 g/mol. The van der Waals surface area contributed by atoms with E-state index in [9.17, 15) is 10.1 Å². The minimum atomic E-state index is -0.284. The number of hydrogen-bond acceptors (Lipinski definition) is 9. The molecule has 30 heavy (non-hydrogen) atoms. The van der Waals surface area contributed by atoms with Crippen molar-refractivity contribution in [1.82, 2.24) is 15.0 Å². The second-order valence-corrected chi connectivity index (χ2v) is 7.02. The molecule has 0 bridgehead atoms. The Kier molecular flexibility index (Phi) is 5.54. The standard InChI is InChI=1S/C20H22N6O4/c1-3-15(18(27)23-17-11-13(2)30-24-17)25-6-8-26(9-7-25)20-14(12-21)22-19(29-20)16-5-4-10-28-16/h4-5,10-11,15H,3,6-9H2,1-2H3,(H,23,24,27). The number of rotatable bonds is 6. The quantitative estimate of drug-likeness (QED) is 0.653. The summed E-state index contributed by atoms with van der Waals surface area (Å²) in [5.74, 6) is 2.13. The highest BCUT2D eigenvalue weighted by Gasteiger charge is 2.31. The molecule has 10 heteroatoms. The van der Waals surface area contributed by atoms with Crippen LogP contribution in [0.15, 0.2) is 37.8 Å². The van der Waals surface area contributed by atoms with E-state index in [0.717, 1.165) is 0 Å². The third-order valence-corrected chi connectivity index (χ3v) is 5.06. The maximum absolute atomic E-state index is 12.7. The molecule has 1 unspecified atom stereocenters. The number of nitrogens with zero attached hydrogens (tertiary/aromatic N) is 5. The van der Waals surface area contributed by atoms with Crippen molar-refractivity contribution in [3.05, 3.63) is 35.9 Å². The van der Waals surface area contributed by atoms with Crippen LogP contribution in [0.1, 0.15) is 24.8 Å². The van der Waals surface area contributed by atoms with Gasteiger partial charge in [0.25, 0.3) is 5.89 Å². The summed E-state index contributed by atoms with van der Waals surface area (Å²) in [6, 6.07) is 6.96. The van der Waals surface area contributed by atoms with Gasteiger partial charge in [-0.15, -0.1) is 0 Å². The van der Waals surface area contributed by atoms with Gasteiger partial charge in [0, 0.05) is 32.2 Å². The van der Waals surface area contributed by atoms with Gasteiger partial charge in [0.15, 0.2) is 11.6 Å². The van der Waals surface area contributed by atoms with Crippen LogP contribution in [0.4, 0.5) is 11.7 Å². The number of nitriles is 1. The molecule has 1 N–H and O–H groups in total. The molecule has 1 aliphatic rings. The number of oxazole rings is 1.